The third kappa shape index (κ3) is 5.72. The van der Waals surface area contributed by atoms with Gasteiger partial charge in [0, 0.05) is 24.8 Å². The van der Waals surface area contributed by atoms with E-state index in [4.69, 9.17) is 20.6 Å². The van der Waals surface area contributed by atoms with Gasteiger partial charge in [-0.1, -0.05) is 66.3 Å². The molecule has 5 N–H and O–H groups in total. The van der Waals surface area contributed by atoms with Gasteiger partial charge in [0.2, 0.25) is 12.1 Å². The summed E-state index contributed by atoms with van der Waals surface area (Å²) in [6.45, 7) is 0.538. The van der Waals surface area contributed by atoms with Crippen LogP contribution in [0.2, 0.25) is 0 Å². The normalized spacial score (nSPS) is 18.2. The summed E-state index contributed by atoms with van der Waals surface area (Å²) in [6, 6.07) is 15.8. The number of alkyl halides is 3. The lowest BCUT2D eigenvalue weighted by molar-refractivity contribution is -0.212. The van der Waals surface area contributed by atoms with E-state index >= 15 is 0 Å². The second kappa shape index (κ2) is 11.9. The molecule has 3 aromatic rings. The zero-order valence-corrected chi connectivity index (χ0v) is 23.3. The minimum Gasteiger partial charge on any atom is -0.405 e. The van der Waals surface area contributed by atoms with Crippen molar-refractivity contribution in [2.24, 2.45) is 15.7 Å². The number of aliphatic imine (C=N–C) groups is 2. The number of ether oxygens (including phenoxy) is 2. The van der Waals surface area contributed by atoms with Gasteiger partial charge in [-0.25, -0.2) is 9.98 Å². The first-order valence-electron chi connectivity index (χ1n) is 13.1. The summed E-state index contributed by atoms with van der Waals surface area (Å²) in [5.74, 6) is -1.21. The number of anilines is 2. The molecule has 1 saturated carbocycles. The van der Waals surface area contributed by atoms with Gasteiger partial charge >= 0.3 is 6.18 Å². The highest BCUT2D eigenvalue weighted by atomic mass is 32.1. The molecule has 1 amide bonds. The molecule has 1 unspecified atom stereocenters. The average molecular weight is 600 g/mol. The highest BCUT2D eigenvalue weighted by Gasteiger charge is 2.61. The Morgan fingerprint density at radius 1 is 1.21 bits per heavy atom. The van der Waals surface area contributed by atoms with Crippen molar-refractivity contribution in [3.05, 3.63) is 76.4 Å². The van der Waals surface area contributed by atoms with Crippen LogP contribution in [0.3, 0.4) is 0 Å². The smallest absolute Gasteiger partial charge is 0.400 e. The van der Waals surface area contributed by atoms with Crippen molar-refractivity contribution in [2.75, 3.05) is 30.9 Å². The van der Waals surface area contributed by atoms with E-state index in [1.165, 1.54) is 7.11 Å². The Morgan fingerprint density at radius 2 is 1.93 bits per heavy atom. The number of fused-ring (bicyclic) bond motifs is 1. The molecule has 0 bridgehead atoms. The zero-order valence-electron chi connectivity index (χ0n) is 22.5. The Kier molecular flexibility index (Phi) is 8.27. The standard InChI is InChI=1S/C28H28F3N7O3S/c1-40-15-14-34-24-20(37-25(42-24)27(12-7-13-27)28(29,30)31)21(32)41-26(33)38-22-23(39)35-18-11-6-5-10-17(18)19(36-22)16-8-3-2-4-9-16/h2-6,8-11,22,32,34H,7,12-15H2,1H3,(H2,33,38)(H,35,39). The van der Waals surface area contributed by atoms with Gasteiger partial charge in [-0.2, -0.15) is 18.2 Å². The molecule has 10 nitrogen and oxygen atoms in total. The van der Waals surface area contributed by atoms with Crippen molar-refractivity contribution in [1.82, 2.24) is 4.98 Å². The van der Waals surface area contributed by atoms with Crippen LogP contribution in [0.1, 0.15) is 41.1 Å². The number of hydrogen-bond acceptors (Lipinski definition) is 9. The molecule has 1 atom stereocenters. The summed E-state index contributed by atoms with van der Waals surface area (Å²) in [5.41, 5.74) is 6.24. The second-order valence-electron chi connectivity index (χ2n) is 9.70. The number of methoxy groups -OCH3 is 1. The highest BCUT2D eigenvalue weighted by molar-refractivity contribution is 7.16. The molecule has 1 aliphatic heterocycles. The number of rotatable bonds is 8. The molecule has 14 heteroatoms. The lowest BCUT2D eigenvalue weighted by Gasteiger charge is -2.41. The molecule has 0 radical (unpaired) electrons. The van der Waals surface area contributed by atoms with E-state index in [2.05, 4.69) is 25.6 Å². The fourth-order valence-corrected chi connectivity index (χ4v) is 5.93. The third-order valence-electron chi connectivity index (χ3n) is 7.02. The van der Waals surface area contributed by atoms with Crippen LogP contribution in [0.15, 0.2) is 64.6 Å². The van der Waals surface area contributed by atoms with Crippen LogP contribution >= 0.6 is 11.3 Å². The lowest BCUT2D eigenvalue weighted by Crippen LogP contribution is -2.48. The monoisotopic (exact) mass is 599 g/mol. The number of nitrogens with one attached hydrogen (secondary N) is 3. The van der Waals surface area contributed by atoms with Crippen LogP contribution in [-0.4, -0.2) is 61.1 Å². The van der Waals surface area contributed by atoms with Crippen molar-refractivity contribution in [2.45, 2.75) is 37.0 Å². The number of halogens is 3. The lowest BCUT2D eigenvalue weighted by atomic mass is 9.68. The molecular formula is C28H28F3N7O3S. The average Bonchev–Trinajstić information content (AvgIpc) is 3.28. The number of aromatic nitrogens is 1. The summed E-state index contributed by atoms with van der Waals surface area (Å²) >= 11 is 0.819. The molecular weight excluding hydrogens is 571 g/mol. The molecule has 0 saturated heterocycles. The maximum atomic E-state index is 14.0. The van der Waals surface area contributed by atoms with E-state index in [-0.39, 0.29) is 41.7 Å². The summed E-state index contributed by atoms with van der Waals surface area (Å²) in [7, 11) is 1.49. The Hall–Kier alpha value is -4.30. The van der Waals surface area contributed by atoms with Gasteiger partial charge in [0.1, 0.15) is 15.4 Å². The van der Waals surface area contributed by atoms with E-state index in [0.717, 1.165) is 16.9 Å². The summed E-state index contributed by atoms with van der Waals surface area (Å²) < 4.78 is 52.5. The number of nitrogens with zero attached hydrogens (tertiary/aromatic N) is 3. The minimum absolute atomic E-state index is 0.0836. The number of carbonyl (C=O) groups excluding carboxylic acids is 1. The van der Waals surface area contributed by atoms with Gasteiger partial charge in [0.05, 0.1) is 18.0 Å². The molecule has 1 aliphatic carbocycles. The van der Waals surface area contributed by atoms with E-state index in [0.29, 0.717) is 23.4 Å². The number of amidine groups is 1. The number of carbonyl (C=O) groups is 1. The van der Waals surface area contributed by atoms with Crippen LogP contribution in [0.5, 0.6) is 0 Å². The Balaban J connectivity index is 1.44. The maximum Gasteiger partial charge on any atom is 0.400 e. The van der Waals surface area contributed by atoms with Crippen LogP contribution in [0.25, 0.3) is 0 Å². The highest BCUT2D eigenvalue weighted by Crippen LogP contribution is 2.56. The Labute approximate surface area is 243 Å². The molecule has 5 rings (SSSR count). The van der Waals surface area contributed by atoms with Crippen molar-refractivity contribution in [1.29, 1.82) is 5.41 Å². The molecule has 1 fully saturated rings. The van der Waals surface area contributed by atoms with Crippen LogP contribution in [0.4, 0.5) is 23.9 Å². The Bertz CT molecular complexity index is 1530. The second-order valence-corrected chi connectivity index (χ2v) is 10.7. The van der Waals surface area contributed by atoms with Crippen molar-refractivity contribution in [3.8, 4) is 0 Å². The largest absolute Gasteiger partial charge is 0.405 e. The number of amides is 1. The van der Waals surface area contributed by atoms with Crippen molar-refractivity contribution >= 4 is 45.6 Å². The van der Waals surface area contributed by atoms with Gasteiger partial charge < -0.3 is 25.8 Å². The number of hydrogen-bond donors (Lipinski definition) is 4. The zero-order chi connectivity index (χ0) is 29.9. The van der Waals surface area contributed by atoms with Gasteiger partial charge in [-0.15, -0.1) is 0 Å². The van der Waals surface area contributed by atoms with E-state index in [9.17, 15) is 18.0 Å². The first-order chi connectivity index (χ1) is 20.1. The molecule has 42 heavy (non-hydrogen) atoms. The SMILES string of the molecule is COCCNc1sc(C2(C(F)(F)F)CCC2)nc1C(=N)O/C(N)=N/C1N=C(c2ccccc2)c2ccccc2NC1=O. The number of thiazole rings is 1. The number of benzene rings is 2. The van der Waals surface area contributed by atoms with Gasteiger partial charge in [-0.3, -0.25) is 10.2 Å². The molecule has 220 valence electrons. The molecule has 1 aromatic heterocycles. The summed E-state index contributed by atoms with van der Waals surface area (Å²) in [6.07, 6.45) is -5.60. The van der Waals surface area contributed by atoms with Gasteiger partial charge in [0.25, 0.3) is 11.9 Å². The molecule has 2 aromatic carbocycles. The predicted molar refractivity (Wildman–Crippen MR) is 155 cm³/mol. The minimum atomic E-state index is -4.49. The first-order valence-corrected chi connectivity index (χ1v) is 13.9. The number of benzodiazepines with no additional fused rings is 1. The van der Waals surface area contributed by atoms with Gasteiger partial charge in [-0.05, 0) is 18.9 Å². The van der Waals surface area contributed by atoms with Crippen molar-refractivity contribution < 1.29 is 27.4 Å². The van der Waals surface area contributed by atoms with Crippen LogP contribution < -0.4 is 16.4 Å². The van der Waals surface area contributed by atoms with E-state index in [1.54, 1.807) is 12.1 Å². The fourth-order valence-electron chi connectivity index (χ4n) is 4.67. The van der Waals surface area contributed by atoms with Crippen molar-refractivity contribution in [3.63, 3.8) is 0 Å². The summed E-state index contributed by atoms with van der Waals surface area (Å²) in [4.78, 5) is 25.9. The predicted octanol–water partition coefficient (Wildman–Crippen LogP) is 4.66. The maximum absolute atomic E-state index is 14.0. The quantitative estimate of drug-likeness (QED) is 0.168. The van der Waals surface area contributed by atoms with E-state index in [1.807, 2.05) is 42.5 Å². The van der Waals surface area contributed by atoms with Crippen LogP contribution in [-0.2, 0) is 19.7 Å². The molecule has 2 heterocycles. The van der Waals surface area contributed by atoms with Gasteiger partial charge in [0.15, 0.2) is 5.69 Å². The van der Waals surface area contributed by atoms with E-state index < -0.39 is 35.6 Å². The number of nitrogens with two attached hydrogens (primary N) is 1. The topological polar surface area (TPSA) is 147 Å². The van der Waals surface area contributed by atoms with Crippen LogP contribution in [0, 0.1) is 5.41 Å². The Morgan fingerprint density at radius 3 is 2.60 bits per heavy atom. The number of para-hydroxylation sites is 1. The molecule has 2 aliphatic rings. The first kappa shape index (κ1) is 29.2. The third-order valence-corrected chi connectivity index (χ3v) is 8.24. The fraction of sp³-hybridized carbons (Fsp3) is 0.321. The molecule has 0 spiro atoms. The summed E-state index contributed by atoms with van der Waals surface area (Å²) in [5, 5.41) is 14.3.